The van der Waals surface area contributed by atoms with Crippen molar-refractivity contribution in [1.29, 1.82) is 0 Å². The number of aromatic nitrogens is 2. The Bertz CT molecular complexity index is 1250. The third-order valence-corrected chi connectivity index (χ3v) is 8.09. The molecule has 0 amide bonds. The molecule has 1 aliphatic heterocycles. The summed E-state index contributed by atoms with van der Waals surface area (Å²) in [6, 6.07) is 16.5. The van der Waals surface area contributed by atoms with Crippen LogP contribution in [0.25, 0.3) is 11.3 Å². The predicted molar refractivity (Wildman–Crippen MR) is 114 cm³/mol. The number of nitrogens with zero attached hydrogens (tertiary/aromatic N) is 2. The Balaban J connectivity index is 1.72. The van der Waals surface area contributed by atoms with Crippen LogP contribution < -0.4 is 9.46 Å². The number of hydrogen-bond acceptors (Lipinski definition) is 6. The first-order chi connectivity index (χ1) is 14.3. The lowest BCUT2D eigenvalue weighted by molar-refractivity contribution is 0.414. The topological polar surface area (TPSA) is 107 Å². The van der Waals surface area contributed by atoms with Crippen molar-refractivity contribution in [1.82, 2.24) is 9.78 Å². The van der Waals surface area contributed by atoms with Crippen molar-refractivity contribution in [2.45, 2.75) is 17.4 Å². The Kier molecular flexibility index (Phi) is 5.29. The largest absolute Gasteiger partial charge is 0.497 e. The van der Waals surface area contributed by atoms with Crippen LogP contribution in [0.2, 0.25) is 0 Å². The normalized spacial score (nSPS) is 18.2. The van der Waals surface area contributed by atoms with Crippen LogP contribution in [-0.4, -0.2) is 45.2 Å². The number of anilines is 1. The van der Waals surface area contributed by atoms with E-state index in [1.54, 1.807) is 18.2 Å². The van der Waals surface area contributed by atoms with E-state index >= 15 is 0 Å². The standard InChI is InChI=1S/C20H21N3O5S2/c1-28-17-7-9-18(10-8-17)30(26,27)22-20-13-19(15-5-3-2-4-6-15)21-23(20)16-11-12-29(24,25)14-16/h2-10,13,16,22H,11-12,14H2,1H3/t16-/m0/s1. The van der Waals surface area contributed by atoms with E-state index in [1.165, 1.54) is 23.9 Å². The van der Waals surface area contributed by atoms with Gasteiger partial charge in [-0.15, -0.1) is 0 Å². The van der Waals surface area contributed by atoms with Crippen LogP contribution in [-0.2, 0) is 19.9 Å². The molecule has 0 unspecified atom stereocenters. The Morgan fingerprint density at radius 1 is 1.10 bits per heavy atom. The molecule has 8 nitrogen and oxygen atoms in total. The highest BCUT2D eigenvalue weighted by molar-refractivity contribution is 7.92. The number of hydrogen-bond donors (Lipinski definition) is 1. The summed E-state index contributed by atoms with van der Waals surface area (Å²) < 4.78 is 58.9. The molecule has 0 saturated carbocycles. The highest BCUT2D eigenvalue weighted by atomic mass is 32.2. The quantitative estimate of drug-likeness (QED) is 0.623. The van der Waals surface area contributed by atoms with Gasteiger partial charge in [0.25, 0.3) is 10.0 Å². The fourth-order valence-electron chi connectivity index (χ4n) is 3.42. The number of rotatable bonds is 6. The van der Waals surface area contributed by atoms with E-state index in [4.69, 9.17) is 4.74 Å². The maximum Gasteiger partial charge on any atom is 0.263 e. The molecule has 2 heterocycles. The van der Waals surface area contributed by atoms with Gasteiger partial charge >= 0.3 is 0 Å². The van der Waals surface area contributed by atoms with Gasteiger partial charge in [-0.05, 0) is 30.7 Å². The molecule has 158 valence electrons. The fraction of sp³-hybridized carbons (Fsp3) is 0.250. The molecular weight excluding hydrogens is 426 g/mol. The number of nitrogens with one attached hydrogen (secondary N) is 1. The van der Waals surface area contributed by atoms with Crippen molar-refractivity contribution in [3.8, 4) is 17.0 Å². The fourth-order valence-corrected chi connectivity index (χ4v) is 6.15. The van der Waals surface area contributed by atoms with Crippen LogP contribution in [0.1, 0.15) is 12.5 Å². The van der Waals surface area contributed by atoms with Crippen LogP contribution in [0.3, 0.4) is 0 Å². The third kappa shape index (κ3) is 4.19. The Labute approximate surface area is 175 Å². The second kappa shape index (κ2) is 7.77. The van der Waals surface area contributed by atoms with Crippen LogP contribution in [0.5, 0.6) is 5.75 Å². The lowest BCUT2D eigenvalue weighted by atomic mass is 10.2. The molecule has 1 atom stereocenters. The minimum absolute atomic E-state index is 0.0584. The van der Waals surface area contributed by atoms with Gasteiger partial charge < -0.3 is 4.74 Å². The molecule has 0 spiro atoms. The average molecular weight is 448 g/mol. The van der Waals surface area contributed by atoms with E-state index < -0.39 is 25.9 Å². The molecular formula is C20H21N3O5S2. The molecule has 30 heavy (non-hydrogen) atoms. The number of ether oxygens (including phenoxy) is 1. The third-order valence-electron chi connectivity index (χ3n) is 4.97. The van der Waals surface area contributed by atoms with Crippen LogP contribution in [0.15, 0.2) is 65.6 Å². The number of benzene rings is 2. The van der Waals surface area contributed by atoms with Gasteiger partial charge in [0.05, 0.1) is 35.2 Å². The average Bonchev–Trinajstić information content (AvgIpc) is 3.31. The molecule has 1 aliphatic rings. The van der Waals surface area contributed by atoms with Crippen LogP contribution in [0.4, 0.5) is 5.82 Å². The van der Waals surface area contributed by atoms with Gasteiger partial charge in [-0.25, -0.2) is 21.5 Å². The van der Waals surface area contributed by atoms with Gasteiger partial charge in [0, 0.05) is 11.6 Å². The summed E-state index contributed by atoms with van der Waals surface area (Å²) in [5, 5.41) is 4.54. The van der Waals surface area contributed by atoms with Gasteiger partial charge in [-0.1, -0.05) is 30.3 Å². The van der Waals surface area contributed by atoms with E-state index in [2.05, 4.69) is 9.82 Å². The Morgan fingerprint density at radius 2 is 1.80 bits per heavy atom. The zero-order valence-corrected chi connectivity index (χ0v) is 17.9. The molecule has 1 fully saturated rings. The van der Waals surface area contributed by atoms with E-state index in [9.17, 15) is 16.8 Å². The Hall–Kier alpha value is -2.85. The Morgan fingerprint density at radius 3 is 2.40 bits per heavy atom. The summed E-state index contributed by atoms with van der Waals surface area (Å²) in [6.07, 6.45) is 0.384. The maximum atomic E-state index is 12.9. The van der Waals surface area contributed by atoms with E-state index in [-0.39, 0.29) is 22.2 Å². The van der Waals surface area contributed by atoms with Crippen molar-refractivity contribution in [2.24, 2.45) is 0 Å². The summed E-state index contributed by atoms with van der Waals surface area (Å²) in [6.45, 7) is 0. The second-order valence-electron chi connectivity index (χ2n) is 7.06. The summed E-state index contributed by atoms with van der Waals surface area (Å²) in [5.41, 5.74) is 1.37. The molecule has 1 aromatic heterocycles. The smallest absolute Gasteiger partial charge is 0.263 e. The minimum Gasteiger partial charge on any atom is -0.497 e. The summed E-state index contributed by atoms with van der Waals surface area (Å²) in [7, 11) is -5.57. The van der Waals surface area contributed by atoms with Gasteiger partial charge in [0.2, 0.25) is 0 Å². The maximum absolute atomic E-state index is 12.9. The number of methoxy groups -OCH3 is 1. The molecule has 1 saturated heterocycles. The molecule has 0 bridgehead atoms. The summed E-state index contributed by atoms with van der Waals surface area (Å²) in [4.78, 5) is 0.0661. The lowest BCUT2D eigenvalue weighted by Crippen LogP contribution is -2.20. The first-order valence-electron chi connectivity index (χ1n) is 9.30. The first kappa shape index (κ1) is 20.4. The van der Waals surface area contributed by atoms with Crippen LogP contribution in [0, 0.1) is 0 Å². The molecule has 1 N–H and O–H groups in total. The van der Waals surface area contributed by atoms with Crippen LogP contribution >= 0.6 is 0 Å². The zero-order valence-electron chi connectivity index (χ0n) is 16.2. The van der Waals surface area contributed by atoms with E-state index in [1.807, 2.05) is 30.3 Å². The monoisotopic (exact) mass is 447 g/mol. The van der Waals surface area contributed by atoms with Gasteiger partial charge in [0.1, 0.15) is 11.6 Å². The highest BCUT2D eigenvalue weighted by Crippen LogP contribution is 2.31. The minimum atomic E-state index is -3.90. The lowest BCUT2D eigenvalue weighted by Gasteiger charge is -2.14. The molecule has 0 radical (unpaired) electrons. The SMILES string of the molecule is COc1ccc(S(=O)(=O)Nc2cc(-c3ccccc3)nn2[C@H]2CCS(=O)(=O)C2)cc1. The molecule has 2 aromatic carbocycles. The summed E-state index contributed by atoms with van der Waals surface area (Å²) >= 11 is 0. The first-order valence-corrected chi connectivity index (χ1v) is 12.6. The molecule has 4 rings (SSSR count). The van der Waals surface area contributed by atoms with Crippen molar-refractivity contribution in [3.63, 3.8) is 0 Å². The van der Waals surface area contributed by atoms with Gasteiger partial charge in [-0.3, -0.25) is 4.72 Å². The van der Waals surface area contributed by atoms with Crippen molar-refractivity contribution >= 4 is 25.7 Å². The number of sulfonamides is 1. The van der Waals surface area contributed by atoms with Crippen molar-refractivity contribution in [3.05, 3.63) is 60.7 Å². The van der Waals surface area contributed by atoms with Crippen molar-refractivity contribution < 1.29 is 21.6 Å². The molecule has 10 heteroatoms. The number of sulfone groups is 1. The van der Waals surface area contributed by atoms with E-state index in [0.29, 0.717) is 17.9 Å². The molecule has 3 aromatic rings. The van der Waals surface area contributed by atoms with E-state index in [0.717, 1.165) is 5.56 Å². The van der Waals surface area contributed by atoms with Crippen molar-refractivity contribution in [2.75, 3.05) is 23.3 Å². The predicted octanol–water partition coefficient (Wildman–Crippen LogP) is 2.72. The van der Waals surface area contributed by atoms with Gasteiger partial charge in [0.15, 0.2) is 9.84 Å². The zero-order chi connectivity index (χ0) is 21.4. The van der Waals surface area contributed by atoms with Gasteiger partial charge in [-0.2, -0.15) is 5.10 Å². The highest BCUT2D eigenvalue weighted by Gasteiger charge is 2.32. The second-order valence-corrected chi connectivity index (χ2v) is 11.0. The molecule has 0 aliphatic carbocycles. The summed E-state index contributed by atoms with van der Waals surface area (Å²) in [5.74, 6) is 0.761.